The molecule has 4 rings (SSSR count). The van der Waals surface area contributed by atoms with Gasteiger partial charge in [0.1, 0.15) is 6.04 Å². The molecule has 0 radical (unpaired) electrons. The molecule has 2 aromatic carbocycles. The van der Waals surface area contributed by atoms with Gasteiger partial charge in [-0.2, -0.15) is 0 Å². The fourth-order valence-corrected chi connectivity index (χ4v) is 4.84. The van der Waals surface area contributed by atoms with Crippen molar-refractivity contribution in [3.63, 3.8) is 0 Å². The molecule has 1 amide bonds. The van der Waals surface area contributed by atoms with E-state index in [4.69, 9.17) is 16.3 Å². The highest BCUT2D eigenvalue weighted by molar-refractivity contribution is 8.13. The van der Waals surface area contributed by atoms with Crippen LogP contribution in [-0.4, -0.2) is 40.5 Å². The molecule has 1 aliphatic heterocycles. The van der Waals surface area contributed by atoms with Crippen molar-refractivity contribution in [3.8, 4) is 0 Å². The van der Waals surface area contributed by atoms with Gasteiger partial charge in [0.15, 0.2) is 0 Å². The first-order valence-corrected chi connectivity index (χ1v) is 11.8. The van der Waals surface area contributed by atoms with Crippen LogP contribution in [0.3, 0.4) is 0 Å². The molecule has 1 fully saturated rings. The van der Waals surface area contributed by atoms with Crippen LogP contribution < -0.4 is 10.9 Å². The van der Waals surface area contributed by atoms with E-state index in [1.54, 1.807) is 24.3 Å². The second-order valence-corrected chi connectivity index (χ2v) is 9.17. The van der Waals surface area contributed by atoms with E-state index in [0.717, 1.165) is 36.6 Å². The van der Waals surface area contributed by atoms with Gasteiger partial charge in [0, 0.05) is 46.3 Å². The molecule has 1 aromatic heterocycles. The lowest BCUT2D eigenvalue weighted by molar-refractivity contribution is -0.112. The fraction of sp³-hybridized carbons (Fsp3) is 0.292. The molecule has 8 heteroatoms. The number of pyridine rings is 1. The standard InChI is InChI=1S/C24H23ClN2O4S/c25-17-9-7-15(8-10-17)23(29)27-21(24(30)32-14-18-4-3-11-31-18)12-16-13-22(28)26-20-6-2-1-5-19(16)20/h1-2,5-10,13,18,21H,3-4,11-12,14H2,(H,26,28)(H,27,29). The largest absolute Gasteiger partial charge is 0.377 e. The number of nitrogens with one attached hydrogen (secondary N) is 2. The summed E-state index contributed by atoms with van der Waals surface area (Å²) >= 11 is 7.08. The predicted octanol–water partition coefficient (Wildman–Crippen LogP) is 3.96. The number of thioether (sulfide) groups is 1. The first-order chi connectivity index (χ1) is 15.5. The van der Waals surface area contributed by atoms with Crippen LogP contribution in [0.2, 0.25) is 5.02 Å². The fourth-order valence-electron chi connectivity index (χ4n) is 3.75. The van der Waals surface area contributed by atoms with E-state index in [9.17, 15) is 14.4 Å². The van der Waals surface area contributed by atoms with Gasteiger partial charge in [-0.05, 0) is 48.7 Å². The molecule has 3 aromatic rings. The van der Waals surface area contributed by atoms with Crippen molar-refractivity contribution in [1.82, 2.24) is 10.3 Å². The molecule has 1 aliphatic rings. The smallest absolute Gasteiger partial charge is 0.251 e. The zero-order valence-corrected chi connectivity index (χ0v) is 18.9. The predicted molar refractivity (Wildman–Crippen MR) is 127 cm³/mol. The molecule has 0 spiro atoms. The van der Waals surface area contributed by atoms with Gasteiger partial charge in [0.05, 0.1) is 6.10 Å². The number of aromatic nitrogens is 1. The number of hydrogen-bond acceptors (Lipinski definition) is 5. The Labute approximate surface area is 194 Å². The number of para-hydroxylation sites is 1. The molecule has 166 valence electrons. The van der Waals surface area contributed by atoms with Crippen molar-refractivity contribution < 1.29 is 14.3 Å². The van der Waals surface area contributed by atoms with Crippen LogP contribution in [0.1, 0.15) is 28.8 Å². The summed E-state index contributed by atoms with van der Waals surface area (Å²) < 4.78 is 5.62. The summed E-state index contributed by atoms with van der Waals surface area (Å²) in [5, 5.41) is 4.06. The molecule has 1 saturated heterocycles. The van der Waals surface area contributed by atoms with E-state index in [2.05, 4.69) is 10.3 Å². The third-order valence-electron chi connectivity index (χ3n) is 5.39. The maximum Gasteiger partial charge on any atom is 0.251 e. The number of H-pyrrole nitrogens is 1. The average Bonchev–Trinajstić information content (AvgIpc) is 3.31. The summed E-state index contributed by atoms with van der Waals surface area (Å²) in [5.41, 5.74) is 1.56. The Balaban J connectivity index is 1.58. The third-order valence-corrected chi connectivity index (χ3v) is 6.75. The normalized spacial score (nSPS) is 16.7. The van der Waals surface area contributed by atoms with Gasteiger partial charge < -0.3 is 15.0 Å². The van der Waals surface area contributed by atoms with Gasteiger partial charge in [-0.1, -0.05) is 41.6 Å². The maximum atomic E-state index is 13.1. The van der Waals surface area contributed by atoms with E-state index < -0.39 is 6.04 Å². The van der Waals surface area contributed by atoms with E-state index in [1.807, 2.05) is 24.3 Å². The summed E-state index contributed by atoms with van der Waals surface area (Å²) in [6.07, 6.45) is 2.19. The van der Waals surface area contributed by atoms with E-state index in [1.165, 1.54) is 6.07 Å². The van der Waals surface area contributed by atoms with Crippen LogP contribution >= 0.6 is 23.4 Å². The molecule has 32 heavy (non-hydrogen) atoms. The molecular formula is C24H23ClN2O4S. The maximum absolute atomic E-state index is 13.1. The monoisotopic (exact) mass is 470 g/mol. The van der Waals surface area contributed by atoms with Gasteiger partial charge >= 0.3 is 0 Å². The van der Waals surface area contributed by atoms with E-state index >= 15 is 0 Å². The van der Waals surface area contributed by atoms with Gasteiger partial charge in [0.25, 0.3) is 5.91 Å². The molecule has 2 heterocycles. The first-order valence-electron chi connectivity index (χ1n) is 10.5. The minimum Gasteiger partial charge on any atom is -0.377 e. The van der Waals surface area contributed by atoms with Crippen molar-refractivity contribution in [2.75, 3.05) is 12.4 Å². The number of carbonyl (C=O) groups is 2. The lowest BCUT2D eigenvalue weighted by Crippen LogP contribution is -2.41. The zero-order valence-electron chi connectivity index (χ0n) is 17.3. The highest BCUT2D eigenvalue weighted by atomic mass is 35.5. The molecule has 6 nitrogen and oxygen atoms in total. The van der Waals surface area contributed by atoms with Crippen LogP contribution in [-0.2, 0) is 16.0 Å². The second kappa shape index (κ2) is 10.3. The topological polar surface area (TPSA) is 88.3 Å². The Morgan fingerprint density at radius 3 is 2.72 bits per heavy atom. The molecule has 0 bridgehead atoms. The summed E-state index contributed by atoms with van der Waals surface area (Å²) in [6, 6.07) is 14.6. The number of fused-ring (bicyclic) bond motifs is 1. The number of halogens is 1. The van der Waals surface area contributed by atoms with Gasteiger partial charge in [0.2, 0.25) is 10.7 Å². The minimum atomic E-state index is -0.796. The molecule has 2 atom stereocenters. The highest BCUT2D eigenvalue weighted by Crippen LogP contribution is 2.22. The number of carbonyl (C=O) groups excluding carboxylic acids is 2. The van der Waals surface area contributed by atoms with Gasteiger partial charge in [-0.3, -0.25) is 14.4 Å². The van der Waals surface area contributed by atoms with Crippen LogP contribution in [0.5, 0.6) is 0 Å². The highest BCUT2D eigenvalue weighted by Gasteiger charge is 2.25. The van der Waals surface area contributed by atoms with Crippen molar-refractivity contribution >= 4 is 45.3 Å². The molecule has 2 unspecified atom stereocenters. The van der Waals surface area contributed by atoms with Gasteiger partial charge in [-0.15, -0.1) is 0 Å². The quantitative estimate of drug-likeness (QED) is 0.545. The number of hydrogen-bond donors (Lipinski definition) is 2. The first kappa shape index (κ1) is 22.6. The number of rotatable bonds is 7. The SMILES string of the molecule is O=C(NC(Cc1cc(=O)[nH]c2ccccc12)C(=O)SCC1CCCO1)c1ccc(Cl)cc1. The van der Waals surface area contributed by atoms with Gasteiger partial charge in [-0.25, -0.2) is 0 Å². The Morgan fingerprint density at radius 2 is 1.97 bits per heavy atom. The lowest BCUT2D eigenvalue weighted by atomic mass is 10.0. The van der Waals surface area contributed by atoms with Crippen molar-refractivity contribution in [2.24, 2.45) is 0 Å². The molecule has 2 N–H and O–H groups in total. The van der Waals surface area contributed by atoms with Crippen molar-refractivity contribution in [1.29, 1.82) is 0 Å². The Kier molecular flexibility index (Phi) is 7.29. The number of benzene rings is 2. The second-order valence-electron chi connectivity index (χ2n) is 7.71. The number of ether oxygens (including phenoxy) is 1. The summed E-state index contributed by atoms with van der Waals surface area (Å²) in [7, 11) is 0. The number of aromatic amines is 1. The molecule has 0 aliphatic carbocycles. The molecule has 0 saturated carbocycles. The summed E-state index contributed by atoms with van der Waals surface area (Å²) in [4.78, 5) is 40.9. The third kappa shape index (κ3) is 5.59. The Bertz CT molecular complexity index is 1170. The number of amides is 1. The average molecular weight is 471 g/mol. The van der Waals surface area contributed by atoms with Crippen molar-refractivity contribution in [2.45, 2.75) is 31.4 Å². The Hall–Kier alpha value is -2.61. The lowest BCUT2D eigenvalue weighted by Gasteiger charge is -2.19. The molecular weight excluding hydrogens is 448 g/mol. The minimum absolute atomic E-state index is 0.0527. The Morgan fingerprint density at radius 1 is 1.19 bits per heavy atom. The van der Waals surface area contributed by atoms with Crippen LogP contribution in [0.4, 0.5) is 0 Å². The van der Waals surface area contributed by atoms with Crippen LogP contribution in [0, 0.1) is 0 Å². The zero-order chi connectivity index (χ0) is 22.5. The van der Waals surface area contributed by atoms with E-state index in [-0.39, 0.29) is 29.1 Å². The summed E-state index contributed by atoms with van der Waals surface area (Å²) in [5.74, 6) is 0.175. The van der Waals surface area contributed by atoms with E-state index in [0.29, 0.717) is 27.4 Å². The summed E-state index contributed by atoms with van der Waals surface area (Å²) in [6.45, 7) is 0.717. The van der Waals surface area contributed by atoms with Crippen molar-refractivity contribution in [3.05, 3.63) is 81.1 Å². The van der Waals surface area contributed by atoms with Crippen LogP contribution in [0.25, 0.3) is 10.9 Å². The van der Waals surface area contributed by atoms with Crippen LogP contribution in [0.15, 0.2) is 59.4 Å².